The van der Waals surface area contributed by atoms with E-state index in [1.165, 1.54) is 11.3 Å². The molecule has 0 aromatic carbocycles. The van der Waals surface area contributed by atoms with Gasteiger partial charge in [0.1, 0.15) is 0 Å². The molecule has 2 N–H and O–H groups in total. The van der Waals surface area contributed by atoms with Crippen LogP contribution in [-0.2, 0) is 0 Å². The Balaban J connectivity index is 2.86. The zero-order chi connectivity index (χ0) is 10.7. The molecule has 3 nitrogen and oxygen atoms in total. The van der Waals surface area contributed by atoms with Crippen molar-refractivity contribution in [2.75, 3.05) is 7.05 Å². The van der Waals surface area contributed by atoms with Crippen molar-refractivity contribution >= 4 is 30.4 Å². The topological polar surface area (TPSA) is 49.3 Å². The van der Waals surface area contributed by atoms with Gasteiger partial charge in [0, 0.05) is 0 Å². The Kier molecular flexibility index (Phi) is 3.46. The number of nitrogens with one attached hydrogen (secondary N) is 1. The first-order valence-corrected chi connectivity index (χ1v) is 5.01. The van der Waals surface area contributed by atoms with E-state index in [0.29, 0.717) is 10.5 Å². The number of thiophene rings is 1. The summed E-state index contributed by atoms with van der Waals surface area (Å²) in [6.07, 6.45) is 0. The quantitative estimate of drug-likeness (QED) is 0.727. The SMILES string of the molecule is [B]=C(NC)[C@H](C)c1ccc(C(=O)O)s1. The average Bonchev–Trinajstić information content (AvgIpc) is 2.64. The van der Waals surface area contributed by atoms with Gasteiger partial charge in [-0.05, 0) is 0 Å². The van der Waals surface area contributed by atoms with Crippen LogP contribution in [0.25, 0.3) is 0 Å². The van der Waals surface area contributed by atoms with Crippen molar-refractivity contribution in [3.05, 3.63) is 21.9 Å². The van der Waals surface area contributed by atoms with Crippen LogP contribution in [0.1, 0.15) is 27.4 Å². The standard InChI is InChI=1S/C9H11BNO2S/c1-5(8(10)11-2)6-3-4-7(14-6)9(12)13/h3-5,11H,1-2H3,(H,12,13)/t5-/m1/s1. The average molecular weight is 208 g/mol. The minimum absolute atomic E-state index is 0.0399. The Bertz CT molecular complexity index is 361. The third-order valence-electron chi connectivity index (χ3n) is 2.02. The summed E-state index contributed by atoms with van der Waals surface area (Å²) >= 11 is 1.25. The second-order valence-corrected chi connectivity index (χ2v) is 4.05. The summed E-state index contributed by atoms with van der Waals surface area (Å²) in [6, 6.07) is 3.39. The number of rotatable bonds is 4. The van der Waals surface area contributed by atoms with Gasteiger partial charge in [0.15, 0.2) is 0 Å². The van der Waals surface area contributed by atoms with Gasteiger partial charge in [0.2, 0.25) is 0 Å². The van der Waals surface area contributed by atoms with Gasteiger partial charge in [-0.1, -0.05) is 0 Å². The summed E-state index contributed by atoms with van der Waals surface area (Å²) in [5.74, 6) is -0.852. The van der Waals surface area contributed by atoms with Crippen LogP contribution in [0, 0.1) is 0 Å². The molecule has 1 aromatic rings. The van der Waals surface area contributed by atoms with Crippen molar-refractivity contribution < 1.29 is 9.90 Å². The Hall–Kier alpha value is -1.10. The third-order valence-corrected chi connectivity index (χ3v) is 3.28. The second kappa shape index (κ2) is 4.42. The Morgan fingerprint density at radius 3 is 2.71 bits per heavy atom. The van der Waals surface area contributed by atoms with E-state index in [0.717, 1.165) is 4.88 Å². The molecule has 0 fully saturated rings. The van der Waals surface area contributed by atoms with Gasteiger partial charge in [-0.3, -0.25) is 0 Å². The first kappa shape index (κ1) is 11.0. The number of hydrogen-bond acceptors (Lipinski definition) is 3. The van der Waals surface area contributed by atoms with Crippen LogP contribution in [0.15, 0.2) is 12.1 Å². The molecular weight excluding hydrogens is 197 g/mol. The molecule has 1 aromatic heterocycles. The van der Waals surface area contributed by atoms with E-state index >= 15 is 0 Å². The van der Waals surface area contributed by atoms with Gasteiger partial charge in [-0.2, -0.15) is 0 Å². The molecule has 73 valence electrons. The number of aromatic carboxylic acids is 1. The van der Waals surface area contributed by atoms with Crippen LogP contribution in [0.3, 0.4) is 0 Å². The van der Waals surface area contributed by atoms with E-state index in [-0.39, 0.29) is 5.92 Å². The molecule has 1 radical (unpaired) electrons. The molecule has 0 aliphatic carbocycles. The minimum atomic E-state index is -0.892. The number of carboxylic acids is 1. The molecule has 0 spiro atoms. The molecule has 0 bridgehead atoms. The zero-order valence-corrected chi connectivity index (χ0v) is 8.89. The maximum atomic E-state index is 10.6. The van der Waals surface area contributed by atoms with Crippen molar-refractivity contribution in [1.82, 2.24) is 5.32 Å². The van der Waals surface area contributed by atoms with E-state index < -0.39 is 5.97 Å². The fraction of sp³-hybridized carbons (Fsp3) is 0.333. The normalized spacial score (nSPS) is 12.1. The van der Waals surface area contributed by atoms with Crippen molar-refractivity contribution in [3.8, 4) is 0 Å². The van der Waals surface area contributed by atoms with Crippen LogP contribution in [0.5, 0.6) is 0 Å². The monoisotopic (exact) mass is 208 g/mol. The Labute approximate surface area is 87.8 Å². The fourth-order valence-electron chi connectivity index (χ4n) is 1.07. The molecule has 0 saturated heterocycles. The molecule has 1 rings (SSSR count). The molecule has 0 aliphatic rings. The molecule has 0 amide bonds. The van der Waals surface area contributed by atoms with Crippen LogP contribution in [-0.4, -0.2) is 31.2 Å². The number of carboxylic acid groups (broad SMARTS) is 1. The predicted molar refractivity (Wildman–Crippen MR) is 59.5 cm³/mol. The summed E-state index contributed by atoms with van der Waals surface area (Å²) < 4.78 is 0. The van der Waals surface area contributed by atoms with Crippen LogP contribution < -0.4 is 5.32 Å². The van der Waals surface area contributed by atoms with E-state index in [1.807, 2.05) is 6.92 Å². The van der Waals surface area contributed by atoms with E-state index in [1.54, 1.807) is 19.2 Å². The van der Waals surface area contributed by atoms with Crippen molar-refractivity contribution in [1.29, 1.82) is 0 Å². The Morgan fingerprint density at radius 2 is 2.29 bits per heavy atom. The van der Waals surface area contributed by atoms with E-state index in [4.69, 9.17) is 12.6 Å². The van der Waals surface area contributed by atoms with Gasteiger partial charge in [0.25, 0.3) is 0 Å². The third kappa shape index (κ3) is 2.23. The first-order chi connectivity index (χ1) is 6.56. The Morgan fingerprint density at radius 1 is 1.64 bits per heavy atom. The summed E-state index contributed by atoms with van der Waals surface area (Å²) in [5, 5.41) is 11.6. The van der Waals surface area contributed by atoms with E-state index in [2.05, 4.69) is 5.32 Å². The molecule has 0 unspecified atom stereocenters. The van der Waals surface area contributed by atoms with Crippen molar-refractivity contribution in [3.63, 3.8) is 0 Å². The van der Waals surface area contributed by atoms with Crippen molar-refractivity contribution in [2.24, 2.45) is 0 Å². The van der Waals surface area contributed by atoms with Gasteiger partial charge in [0.05, 0.1) is 0 Å². The molecule has 14 heavy (non-hydrogen) atoms. The number of likely N-dealkylation sites (N-methyl/N-ethyl adjacent to an activating group) is 1. The summed E-state index contributed by atoms with van der Waals surface area (Å²) in [7, 11) is 7.45. The summed E-state index contributed by atoms with van der Waals surface area (Å²) in [4.78, 5) is 11.9. The van der Waals surface area contributed by atoms with Gasteiger partial charge >= 0.3 is 87.4 Å². The summed E-state index contributed by atoms with van der Waals surface area (Å²) in [6.45, 7) is 1.93. The zero-order valence-electron chi connectivity index (χ0n) is 8.07. The fourth-order valence-corrected chi connectivity index (χ4v) is 1.99. The van der Waals surface area contributed by atoms with Gasteiger partial charge in [-0.15, -0.1) is 0 Å². The number of carbonyl (C=O) groups is 1. The van der Waals surface area contributed by atoms with Gasteiger partial charge < -0.3 is 0 Å². The van der Waals surface area contributed by atoms with Crippen LogP contribution in [0.2, 0.25) is 0 Å². The predicted octanol–water partition coefficient (Wildman–Crippen LogP) is 1.07. The molecule has 1 atom stereocenters. The first-order valence-electron chi connectivity index (χ1n) is 4.19. The van der Waals surface area contributed by atoms with Crippen LogP contribution in [0.4, 0.5) is 0 Å². The maximum absolute atomic E-state index is 10.6. The van der Waals surface area contributed by atoms with Gasteiger partial charge in [-0.25, -0.2) is 0 Å². The number of hydrogen-bond donors (Lipinski definition) is 2. The molecular formula is C9H11BNO2S. The van der Waals surface area contributed by atoms with Crippen LogP contribution >= 0.6 is 11.3 Å². The van der Waals surface area contributed by atoms with E-state index in [9.17, 15) is 4.79 Å². The van der Waals surface area contributed by atoms with Crippen molar-refractivity contribution in [2.45, 2.75) is 12.8 Å². The second-order valence-electron chi connectivity index (χ2n) is 2.93. The molecule has 1 heterocycles. The molecule has 0 aliphatic heterocycles. The molecule has 5 heteroatoms. The molecule has 0 saturated carbocycles. The summed E-state index contributed by atoms with van der Waals surface area (Å²) in [5.41, 5.74) is 0.642.